The van der Waals surface area contributed by atoms with Crippen LogP contribution < -0.4 is 15.0 Å². The monoisotopic (exact) mass is 348 g/mol. The molecule has 0 bridgehead atoms. The Balaban J connectivity index is 1.77. The third-order valence-electron chi connectivity index (χ3n) is 3.97. The van der Waals surface area contributed by atoms with Crippen molar-refractivity contribution < 1.29 is 18.3 Å². The quantitative estimate of drug-likeness (QED) is 0.815. The van der Waals surface area contributed by atoms with Crippen molar-refractivity contribution >= 4 is 17.4 Å². The summed E-state index contributed by atoms with van der Waals surface area (Å²) in [6.07, 6.45) is 2.95. The van der Waals surface area contributed by atoms with E-state index in [4.69, 9.17) is 0 Å². The molecular weight excluding hydrogens is 330 g/mol. The van der Waals surface area contributed by atoms with Crippen molar-refractivity contribution in [2.75, 3.05) is 18.0 Å². The number of hydrogen-bond acceptors (Lipinski definition) is 4. The molecule has 6 nitrogen and oxygen atoms in total. The first-order chi connectivity index (χ1) is 12.1. The summed E-state index contributed by atoms with van der Waals surface area (Å²) in [6, 6.07) is 8.35. The molecule has 0 saturated carbocycles. The fourth-order valence-corrected chi connectivity index (χ4v) is 2.84. The van der Waals surface area contributed by atoms with Gasteiger partial charge in [0.25, 0.3) is 0 Å². The smallest absolute Gasteiger partial charge is 0.387 e. The van der Waals surface area contributed by atoms with Gasteiger partial charge in [-0.05, 0) is 30.3 Å². The molecular formula is C17H18F2N4O2. The highest BCUT2D eigenvalue weighted by Crippen LogP contribution is 2.31. The van der Waals surface area contributed by atoms with Gasteiger partial charge in [-0.3, -0.25) is 4.79 Å². The number of hydrogen-bond donors (Lipinski definition) is 1. The molecule has 0 radical (unpaired) electrons. The van der Waals surface area contributed by atoms with E-state index in [1.54, 1.807) is 18.3 Å². The summed E-state index contributed by atoms with van der Waals surface area (Å²) < 4.78 is 30.8. The first kappa shape index (κ1) is 16.9. The van der Waals surface area contributed by atoms with E-state index in [2.05, 4.69) is 21.7 Å². The number of benzene rings is 1. The molecule has 0 spiro atoms. The summed E-state index contributed by atoms with van der Waals surface area (Å²) in [5.41, 5.74) is 0.836. The second kappa shape index (κ2) is 7.33. The van der Waals surface area contributed by atoms with Crippen molar-refractivity contribution in [3.63, 3.8) is 0 Å². The van der Waals surface area contributed by atoms with Crippen molar-refractivity contribution in [3.05, 3.63) is 49.2 Å². The minimum atomic E-state index is -2.85. The van der Waals surface area contributed by atoms with Crippen molar-refractivity contribution in [1.82, 2.24) is 15.1 Å². The lowest BCUT2D eigenvalue weighted by molar-refractivity contribution is -0.116. The summed E-state index contributed by atoms with van der Waals surface area (Å²) in [4.78, 5) is 13.4. The van der Waals surface area contributed by atoms with Gasteiger partial charge in [0.15, 0.2) is 0 Å². The minimum Gasteiger partial charge on any atom is -0.435 e. The van der Waals surface area contributed by atoms with Crippen LogP contribution in [-0.2, 0) is 11.3 Å². The molecule has 1 aromatic carbocycles. The van der Waals surface area contributed by atoms with Crippen LogP contribution in [-0.4, -0.2) is 35.4 Å². The van der Waals surface area contributed by atoms with Crippen LogP contribution in [0.15, 0.2) is 49.2 Å². The molecule has 8 heteroatoms. The molecule has 3 rings (SSSR count). The molecule has 1 N–H and O–H groups in total. The van der Waals surface area contributed by atoms with E-state index in [9.17, 15) is 13.6 Å². The largest absolute Gasteiger partial charge is 0.435 e. The highest BCUT2D eigenvalue weighted by Gasteiger charge is 2.26. The molecule has 132 valence electrons. The van der Waals surface area contributed by atoms with Gasteiger partial charge in [0.2, 0.25) is 5.91 Å². The van der Waals surface area contributed by atoms with E-state index in [1.165, 1.54) is 18.2 Å². The third kappa shape index (κ3) is 3.96. The number of nitrogens with one attached hydrogen (secondary N) is 1. The molecule has 25 heavy (non-hydrogen) atoms. The molecule has 2 aromatic rings. The average molecular weight is 348 g/mol. The van der Waals surface area contributed by atoms with E-state index in [-0.39, 0.29) is 17.6 Å². The molecule has 1 aliphatic heterocycles. The number of aromatic nitrogens is 2. The summed E-state index contributed by atoms with van der Waals surface area (Å²) in [7, 11) is 0. The standard InChI is InChI=1S/C17H18F2N4O2/c1-2-15(24)20-9-12-10-22(16-7-8-21-23(16)11-12)13-3-5-14(6-4-13)25-17(18)19/h2-8,12,17H,1,9-11H2,(H,20,24)/t12-/m0/s1. The second-order valence-electron chi connectivity index (χ2n) is 5.67. The maximum absolute atomic E-state index is 12.3. The first-order valence-electron chi connectivity index (χ1n) is 7.81. The fraction of sp³-hybridized carbons (Fsp3) is 0.294. The third-order valence-corrected chi connectivity index (χ3v) is 3.97. The molecule has 1 aliphatic rings. The van der Waals surface area contributed by atoms with Gasteiger partial charge < -0.3 is 15.0 Å². The Morgan fingerprint density at radius 3 is 2.80 bits per heavy atom. The number of anilines is 2. The molecule has 1 aromatic heterocycles. The Bertz CT molecular complexity index is 745. The molecule has 0 fully saturated rings. The first-order valence-corrected chi connectivity index (χ1v) is 7.81. The Labute approximate surface area is 143 Å². The lowest BCUT2D eigenvalue weighted by Crippen LogP contribution is -2.41. The van der Waals surface area contributed by atoms with Crippen molar-refractivity contribution in [1.29, 1.82) is 0 Å². The molecule has 1 atom stereocenters. The summed E-state index contributed by atoms with van der Waals surface area (Å²) in [5, 5.41) is 7.10. The number of ether oxygens (including phenoxy) is 1. The Morgan fingerprint density at radius 1 is 1.36 bits per heavy atom. The van der Waals surface area contributed by atoms with Gasteiger partial charge in [0.1, 0.15) is 11.6 Å². The van der Waals surface area contributed by atoms with Crippen LogP contribution in [0.3, 0.4) is 0 Å². The van der Waals surface area contributed by atoms with Crippen LogP contribution in [0.5, 0.6) is 5.75 Å². The number of fused-ring (bicyclic) bond motifs is 1. The number of carbonyl (C=O) groups excluding carboxylic acids is 1. The molecule has 1 amide bonds. The Hall–Kier alpha value is -2.90. The summed E-state index contributed by atoms with van der Waals surface area (Å²) in [6.45, 7) is 2.43. The predicted molar refractivity (Wildman–Crippen MR) is 89.0 cm³/mol. The zero-order valence-corrected chi connectivity index (χ0v) is 13.4. The lowest BCUT2D eigenvalue weighted by atomic mass is 10.1. The molecule has 0 saturated heterocycles. The molecule has 0 unspecified atom stereocenters. The van der Waals surface area contributed by atoms with E-state index in [1.807, 2.05) is 15.6 Å². The topological polar surface area (TPSA) is 59.4 Å². The highest BCUT2D eigenvalue weighted by molar-refractivity contribution is 5.86. The van der Waals surface area contributed by atoms with Crippen LogP contribution in [0.1, 0.15) is 0 Å². The number of carbonyl (C=O) groups is 1. The summed E-state index contributed by atoms with van der Waals surface area (Å²) in [5.74, 6) is 0.951. The zero-order chi connectivity index (χ0) is 17.8. The predicted octanol–water partition coefficient (Wildman–Crippen LogP) is 2.55. The SMILES string of the molecule is C=CC(=O)NC[C@H]1CN(c2ccc(OC(F)F)cc2)c2ccnn2C1. The van der Waals surface area contributed by atoms with Gasteiger partial charge in [-0.1, -0.05) is 6.58 Å². The lowest BCUT2D eigenvalue weighted by Gasteiger charge is -2.34. The van der Waals surface area contributed by atoms with Crippen LogP contribution >= 0.6 is 0 Å². The highest BCUT2D eigenvalue weighted by atomic mass is 19.3. The van der Waals surface area contributed by atoms with E-state index in [0.717, 1.165) is 11.5 Å². The van der Waals surface area contributed by atoms with Crippen LogP contribution in [0.25, 0.3) is 0 Å². The van der Waals surface area contributed by atoms with Gasteiger partial charge in [-0.25, -0.2) is 4.68 Å². The van der Waals surface area contributed by atoms with Crippen LogP contribution in [0, 0.1) is 5.92 Å². The molecule has 0 aliphatic carbocycles. The van der Waals surface area contributed by atoms with Crippen molar-refractivity contribution in [3.8, 4) is 5.75 Å². The van der Waals surface area contributed by atoms with Gasteiger partial charge >= 0.3 is 6.61 Å². The van der Waals surface area contributed by atoms with E-state index >= 15 is 0 Å². The number of nitrogens with zero attached hydrogens (tertiary/aromatic N) is 3. The van der Waals surface area contributed by atoms with Crippen molar-refractivity contribution in [2.45, 2.75) is 13.2 Å². The van der Waals surface area contributed by atoms with Crippen LogP contribution in [0.4, 0.5) is 20.3 Å². The fourth-order valence-electron chi connectivity index (χ4n) is 2.84. The average Bonchev–Trinajstić information content (AvgIpc) is 3.07. The zero-order valence-electron chi connectivity index (χ0n) is 13.4. The second-order valence-corrected chi connectivity index (χ2v) is 5.67. The number of rotatable bonds is 6. The Kier molecular flexibility index (Phi) is 4.97. The summed E-state index contributed by atoms with van der Waals surface area (Å²) >= 11 is 0. The van der Waals surface area contributed by atoms with Gasteiger partial charge in [-0.15, -0.1) is 0 Å². The van der Waals surface area contributed by atoms with Crippen molar-refractivity contribution in [2.24, 2.45) is 5.92 Å². The maximum atomic E-state index is 12.3. The Morgan fingerprint density at radius 2 is 2.12 bits per heavy atom. The minimum absolute atomic E-state index is 0.110. The van der Waals surface area contributed by atoms with Gasteiger partial charge in [0.05, 0.1) is 6.20 Å². The van der Waals surface area contributed by atoms with E-state index in [0.29, 0.717) is 19.6 Å². The number of alkyl halides is 2. The normalized spacial score (nSPS) is 16.4. The van der Waals surface area contributed by atoms with E-state index < -0.39 is 6.61 Å². The molecule has 2 heterocycles. The number of amides is 1. The van der Waals surface area contributed by atoms with Gasteiger partial charge in [0, 0.05) is 37.3 Å². The maximum Gasteiger partial charge on any atom is 0.387 e. The van der Waals surface area contributed by atoms with Gasteiger partial charge in [-0.2, -0.15) is 13.9 Å². The number of halogens is 2. The van der Waals surface area contributed by atoms with Crippen LogP contribution in [0.2, 0.25) is 0 Å².